The number of benzene rings is 2. The van der Waals surface area contributed by atoms with E-state index in [9.17, 15) is 29.7 Å². The number of aliphatic hydroxyl groups is 3. The number of methoxy groups -OCH3 is 2. The molecule has 0 spiro atoms. The molecule has 3 rings (SSSR count). The Morgan fingerprint density at radius 2 is 1.74 bits per heavy atom. The van der Waals surface area contributed by atoms with Gasteiger partial charge in [-0.25, -0.2) is 0 Å². The third kappa shape index (κ3) is 11.2. The second-order valence-corrected chi connectivity index (χ2v) is 12.2. The van der Waals surface area contributed by atoms with Crippen LogP contribution < -0.4 is 20.1 Å². The second kappa shape index (κ2) is 17.4. The summed E-state index contributed by atoms with van der Waals surface area (Å²) in [4.78, 5) is 37.0. The molecule has 1 saturated heterocycles. The van der Waals surface area contributed by atoms with Crippen LogP contribution in [0.5, 0.6) is 11.5 Å². The lowest BCUT2D eigenvalue weighted by molar-refractivity contribution is -0.261. The Balaban J connectivity index is 1.54. The Morgan fingerprint density at radius 1 is 1.04 bits per heavy atom. The fraction of sp³-hybridized carbons (Fsp3) is 0.485. The average molecular weight is 679 g/mol. The number of carbonyl (C=O) groups is 3. The molecule has 47 heavy (non-hydrogen) atoms. The lowest BCUT2D eigenvalue weighted by atomic mass is 9.96. The quantitative estimate of drug-likeness (QED) is 0.112. The zero-order chi connectivity index (χ0) is 34.7. The standard InChI is InChI=1S/C33H43ClN2O11/c1-33(2,3)47-27(39)7-6-14-35-26(38)13-12-19-8-10-20(11-9-19)18-45-24-16-23(43-4)21(15-22(24)34)31(42)36-28-30(41)29(40)25(17-37)46-32(28)44-5/h8-13,15-16,25,28-30,32,37,40-41H,6-7,14,17-18H2,1-5H3,(H,35,38)(H,36,42)/b13-12+/t25-,28-,29-,30-,32+/m1/s1. The summed E-state index contributed by atoms with van der Waals surface area (Å²) in [5.74, 6) is -0.875. The van der Waals surface area contributed by atoms with E-state index in [1.54, 1.807) is 26.8 Å². The van der Waals surface area contributed by atoms with Crippen molar-refractivity contribution >= 4 is 35.5 Å². The van der Waals surface area contributed by atoms with Crippen LogP contribution in [0.4, 0.5) is 0 Å². The first kappa shape index (κ1) is 37.7. The zero-order valence-corrected chi connectivity index (χ0v) is 27.8. The number of amides is 2. The molecule has 258 valence electrons. The van der Waals surface area contributed by atoms with Gasteiger partial charge in [0.25, 0.3) is 5.91 Å². The molecule has 2 amide bonds. The summed E-state index contributed by atoms with van der Waals surface area (Å²) in [5, 5.41) is 35.6. The molecule has 0 bridgehead atoms. The lowest BCUT2D eigenvalue weighted by Gasteiger charge is -2.41. The number of carbonyl (C=O) groups excluding carboxylic acids is 3. The van der Waals surface area contributed by atoms with Crippen molar-refractivity contribution in [1.29, 1.82) is 0 Å². The van der Waals surface area contributed by atoms with Crippen LogP contribution >= 0.6 is 11.6 Å². The number of halogens is 1. The first-order valence-electron chi connectivity index (χ1n) is 15.0. The van der Waals surface area contributed by atoms with Crippen molar-refractivity contribution in [2.24, 2.45) is 0 Å². The van der Waals surface area contributed by atoms with Crippen molar-refractivity contribution in [3.8, 4) is 11.5 Å². The maximum atomic E-state index is 13.2. The van der Waals surface area contributed by atoms with Gasteiger partial charge in [-0.2, -0.15) is 0 Å². The highest BCUT2D eigenvalue weighted by Gasteiger charge is 2.45. The van der Waals surface area contributed by atoms with E-state index in [2.05, 4.69) is 10.6 Å². The summed E-state index contributed by atoms with van der Waals surface area (Å²) in [6.45, 7) is 5.35. The van der Waals surface area contributed by atoms with E-state index in [1.165, 1.54) is 32.4 Å². The van der Waals surface area contributed by atoms with Crippen LogP contribution in [0.1, 0.15) is 55.1 Å². The predicted octanol–water partition coefficient (Wildman–Crippen LogP) is 2.36. The molecule has 0 radical (unpaired) electrons. The van der Waals surface area contributed by atoms with Gasteiger partial charge in [-0.3, -0.25) is 14.4 Å². The molecule has 2 aromatic carbocycles. The molecular formula is C33H43ClN2O11. The average Bonchev–Trinajstić information content (AvgIpc) is 3.03. The molecule has 0 aromatic heterocycles. The third-order valence-electron chi connectivity index (χ3n) is 6.99. The van der Waals surface area contributed by atoms with Crippen molar-refractivity contribution in [2.45, 2.75) is 76.5 Å². The number of hydrogen-bond donors (Lipinski definition) is 5. The zero-order valence-electron chi connectivity index (χ0n) is 27.0. The number of ether oxygens (including phenoxy) is 5. The maximum Gasteiger partial charge on any atom is 0.306 e. The molecule has 14 heteroatoms. The molecule has 5 atom stereocenters. The first-order valence-corrected chi connectivity index (χ1v) is 15.4. The fourth-order valence-corrected chi connectivity index (χ4v) is 4.83. The summed E-state index contributed by atoms with van der Waals surface area (Å²) in [6.07, 6.45) is -1.40. The number of esters is 1. The van der Waals surface area contributed by atoms with Crippen molar-refractivity contribution in [1.82, 2.24) is 10.6 Å². The summed E-state index contributed by atoms with van der Waals surface area (Å²) < 4.78 is 27.2. The number of hydrogen-bond acceptors (Lipinski definition) is 11. The fourth-order valence-electron chi connectivity index (χ4n) is 4.61. The van der Waals surface area contributed by atoms with E-state index in [1.807, 2.05) is 24.3 Å². The minimum absolute atomic E-state index is 0.0360. The summed E-state index contributed by atoms with van der Waals surface area (Å²) in [7, 11) is 2.67. The van der Waals surface area contributed by atoms with Crippen molar-refractivity contribution in [3.63, 3.8) is 0 Å². The SMILES string of the molecule is COc1cc(OCc2ccc(/C=C/C(=O)NCCCC(=O)OC(C)(C)C)cc2)c(Cl)cc1C(=O)N[C@H]1[C@@H](OC)O[C@H](CO)[C@@H](O)[C@@H]1O. The van der Waals surface area contributed by atoms with Gasteiger partial charge in [0.15, 0.2) is 6.29 Å². The largest absolute Gasteiger partial charge is 0.496 e. The van der Waals surface area contributed by atoms with E-state index in [0.717, 1.165) is 11.1 Å². The third-order valence-corrected chi connectivity index (χ3v) is 7.28. The van der Waals surface area contributed by atoms with Crippen LogP contribution in [-0.4, -0.2) is 96.7 Å². The molecule has 0 saturated carbocycles. The Hall–Kier alpha value is -3.72. The maximum absolute atomic E-state index is 13.2. The summed E-state index contributed by atoms with van der Waals surface area (Å²) in [5.41, 5.74) is 1.09. The van der Waals surface area contributed by atoms with E-state index in [4.69, 9.17) is 35.3 Å². The Morgan fingerprint density at radius 3 is 2.36 bits per heavy atom. The molecule has 13 nitrogen and oxygen atoms in total. The predicted molar refractivity (Wildman–Crippen MR) is 172 cm³/mol. The minimum Gasteiger partial charge on any atom is -0.496 e. The van der Waals surface area contributed by atoms with Gasteiger partial charge in [-0.15, -0.1) is 0 Å². The van der Waals surface area contributed by atoms with Gasteiger partial charge < -0.3 is 49.6 Å². The van der Waals surface area contributed by atoms with E-state index >= 15 is 0 Å². The topological polar surface area (TPSA) is 182 Å². The van der Waals surface area contributed by atoms with Crippen molar-refractivity contribution in [2.75, 3.05) is 27.4 Å². The van der Waals surface area contributed by atoms with E-state index in [-0.39, 0.29) is 47.0 Å². The van der Waals surface area contributed by atoms with Crippen LogP contribution in [0.15, 0.2) is 42.5 Å². The van der Waals surface area contributed by atoms with Gasteiger partial charge in [-0.1, -0.05) is 35.9 Å². The number of rotatable bonds is 14. The Bertz CT molecular complexity index is 1390. The van der Waals surface area contributed by atoms with Crippen molar-refractivity contribution < 1.29 is 53.4 Å². The molecule has 1 aliphatic rings. The second-order valence-electron chi connectivity index (χ2n) is 11.8. The van der Waals surface area contributed by atoms with Gasteiger partial charge in [0.1, 0.15) is 48.1 Å². The normalized spacial score (nSPS) is 21.3. The van der Waals surface area contributed by atoms with Crippen LogP contribution in [0.3, 0.4) is 0 Å². The molecule has 0 aliphatic carbocycles. The van der Waals surface area contributed by atoms with E-state index in [0.29, 0.717) is 13.0 Å². The molecule has 0 unspecified atom stereocenters. The highest BCUT2D eigenvalue weighted by atomic mass is 35.5. The number of nitrogens with one attached hydrogen (secondary N) is 2. The Labute approximate surface area is 278 Å². The molecule has 1 fully saturated rings. The van der Waals surface area contributed by atoms with Crippen LogP contribution in [0, 0.1) is 0 Å². The van der Waals surface area contributed by atoms with Gasteiger partial charge in [-0.05, 0) is 50.5 Å². The Kier molecular flexibility index (Phi) is 14.0. The summed E-state index contributed by atoms with van der Waals surface area (Å²) >= 11 is 6.44. The smallest absolute Gasteiger partial charge is 0.306 e. The van der Waals surface area contributed by atoms with Gasteiger partial charge >= 0.3 is 5.97 Å². The van der Waals surface area contributed by atoms with E-state index < -0.39 is 48.8 Å². The van der Waals surface area contributed by atoms with Crippen molar-refractivity contribution in [3.05, 3.63) is 64.2 Å². The molecule has 2 aromatic rings. The highest BCUT2D eigenvalue weighted by Crippen LogP contribution is 2.34. The van der Waals surface area contributed by atoms with Gasteiger partial charge in [0.05, 0.1) is 24.3 Å². The monoisotopic (exact) mass is 678 g/mol. The van der Waals surface area contributed by atoms with Crippen LogP contribution in [-0.2, 0) is 30.4 Å². The molecule has 1 aliphatic heterocycles. The molecular weight excluding hydrogens is 636 g/mol. The summed E-state index contributed by atoms with van der Waals surface area (Å²) in [6, 6.07) is 8.93. The minimum atomic E-state index is -1.49. The van der Waals surface area contributed by atoms with Crippen LogP contribution in [0.2, 0.25) is 5.02 Å². The van der Waals surface area contributed by atoms with Gasteiger partial charge in [0, 0.05) is 32.2 Å². The molecule has 1 heterocycles. The van der Waals surface area contributed by atoms with Gasteiger partial charge in [0.2, 0.25) is 5.91 Å². The number of aliphatic hydroxyl groups excluding tert-OH is 3. The first-order chi connectivity index (χ1) is 22.3. The van der Waals surface area contributed by atoms with Crippen LogP contribution in [0.25, 0.3) is 6.08 Å². The molecule has 5 N–H and O–H groups in total. The highest BCUT2D eigenvalue weighted by molar-refractivity contribution is 6.32. The lowest BCUT2D eigenvalue weighted by Crippen LogP contribution is -2.64.